The van der Waals surface area contributed by atoms with E-state index in [4.69, 9.17) is 24.7 Å². The third-order valence-corrected chi connectivity index (χ3v) is 15.9. The summed E-state index contributed by atoms with van der Waals surface area (Å²) in [5.74, 6) is -3.25. The van der Waals surface area contributed by atoms with Gasteiger partial charge in [-0.2, -0.15) is 0 Å². The fourth-order valence-electron chi connectivity index (χ4n) is 6.81. The molecule has 0 saturated carbocycles. The standard InChI is InChI=1S/C43H42N12O7S6/c1-17(2)30-41-51-26(15-67-41)39-48-23(12-64-39)33-20(8-9-21(46-33)38-52-27(16-65-38)43(61)62-7)37-49-25(14-63-37)35(59)47-22(10-28(56)44-6)40-55-32(19(5)68-40)36(60)54-31(18(3)4)42-50-24(13-66-42)34(58)45-11-29(57)53-30/h8-9,12-18,22,30-31H,10-11H2,1-7H3,(H,44,56)(H,45,58)(H,47,59)(H,53,57)(H,54,60)/t22-,30-,31+/m0/s1. The van der Waals surface area contributed by atoms with Gasteiger partial charge in [0.15, 0.2) is 5.69 Å². The second-order valence-corrected chi connectivity index (χ2v) is 21.5. The minimum Gasteiger partial charge on any atom is -0.464 e. The van der Waals surface area contributed by atoms with Crippen LogP contribution in [0.1, 0.15) is 114 Å². The molecule has 19 nitrogen and oxygen atoms in total. The lowest BCUT2D eigenvalue weighted by atomic mass is 10.0. The van der Waals surface area contributed by atoms with E-state index in [0.717, 1.165) is 0 Å². The maximum atomic E-state index is 14.1. The molecular formula is C43H42N12O7S6. The SMILES string of the molecule is CNC(=O)C[C@@H]1NC(=O)c2csc(n2)-c2ccc(-c3nc(C(=O)OC)cs3)nc2-c2csc(n2)-c2csc(n2)[C@H](C(C)C)NC(=O)CNC(=O)c2csc(n2)[C@@H](C(C)C)NC(=O)c2nc1sc2C. The molecule has 68 heavy (non-hydrogen) atoms. The van der Waals surface area contributed by atoms with Crippen molar-refractivity contribution in [3.63, 3.8) is 0 Å². The third kappa shape index (κ3) is 10.4. The molecule has 0 radical (unpaired) electrons. The van der Waals surface area contributed by atoms with Gasteiger partial charge in [-0.25, -0.2) is 39.7 Å². The Balaban J connectivity index is 1.20. The number of carbonyl (C=O) groups is 6. The normalized spacial score (nSPS) is 17.0. The average molecular weight is 1030 g/mol. The first-order chi connectivity index (χ1) is 32.6. The summed E-state index contributed by atoms with van der Waals surface area (Å²) in [6.45, 7) is 9.13. The summed E-state index contributed by atoms with van der Waals surface area (Å²) in [6, 6.07) is 1.51. The van der Waals surface area contributed by atoms with Crippen molar-refractivity contribution in [3.8, 4) is 43.4 Å². The molecule has 0 aliphatic carbocycles. The molecule has 1 aliphatic rings. The van der Waals surface area contributed by atoms with E-state index in [1.807, 2.05) is 38.5 Å². The van der Waals surface area contributed by atoms with Gasteiger partial charge in [0.05, 0.1) is 43.9 Å². The molecule has 10 bridgehead atoms. The average Bonchev–Trinajstić information content (AvgIpc) is 4.18. The van der Waals surface area contributed by atoms with E-state index in [9.17, 15) is 28.8 Å². The zero-order valence-electron chi connectivity index (χ0n) is 37.3. The predicted octanol–water partition coefficient (Wildman–Crippen LogP) is 6.87. The molecule has 0 fully saturated rings. The molecule has 7 aromatic rings. The number of aryl methyl sites for hydroxylation is 1. The summed E-state index contributed by atoms with van der Waals surface area (Å²) in [4.78, 5) is 114. The number of carbonyl (C=O) groups excluding carboxylic acids is 6. The van der Waals surface area contributed by atoms with Gasteiger partial charge in [0.2, 0.25) is 11.8 Å². The zero-order chi connectivity index (χ0) is 48.4. The van der Waals surface area contributed by atoms with E-state index in [-0.39, 0.29) is 53.5 Å². The van der Waals surface area contributed by atoms with E-state index in [1.165, 1.54) is 82.2 Å². The van der Waals surface area contributed by atoms with Crippen LogP contribution >= 0.6 is 68.0 Å². The van der Waals surface area contributed by atoms with Crippen molar-refractivity contribution in [1.29, 1.82) is 0 Å². The minimum atomic E-state index is -0.933. The van der Waals surface area contributed by atoms with Crippen molar-refractivity contribution in [1.82, 2.24) is 61.5 Å². The van der Waals surface area contributed by atoms with Crippen molar-refractivity contribution in [2.75, 3.05) is 20.7 Å². The van der Waals surface area contributed by atoms with Crippen molar-refractivity contribution in [2.24, 2.45) is 11.8 Å². The Hall–Kier alpha value is -6.25. The molecule has 5 N–H and O–H groups in total. The van der Waals surface area contributed by atoms with Gasteiger partial charge in [-0.05, 0) is 30.9 Å². The summed E-state index contributed by atoms with van der Waals surface area (Å²) >= 11 is 7.50. The molecule has 8 heterocycles. The second-order valence-electron chi connectivity index (χ2n) is 15.9. The van der Waals surface area contributed by atoms with Gasteiger partial charge >= 0.3 is 5.97 Å². The van der Waals surface area contributed by atoms with Crippen molar-refractivity contribution < 1.29 is 33.5 Å². The number of rotatable bonds is 6. The first-order valence-corrected chi connectivity index (χ1v) is 26.1. The molecule has 0 aromatic carbocycles. The molecule has 0 spiro atoms. The summed E-state index contributed by atoms with van der Waals surface area (Å²) in [6.07, 6.45) is -0.178. The molecule has 1 aliphatic heterocycles. The number of methoxy groups -OCH3 is 1. The smallest absolute Gasteiger partial charge is 0.357 e. The fourth-order valence-corrected chi connectivity index (χ4v) is 12.2. The molecule has 25 heteroatoms. The summed E-state index contributed by atoms with van der Waals surface area (Å²) < 4.78 is 4.86. The monoisotopic (exact) mass is 1030 g/mol. The van der Waals surface area contributed by atoms with E-state index in [2.05, 4.69) is 41.5 Å². The van der Waals surface area contributed by atoms with Crippen LogP contribution in [0.2, 0.25) is 0 Å². The van der Waals surface area contributed by atoms with Crippen LogP contribution in [-0.2, 0) is 14.3 Å². The zero-order valence-corrected chi connectivity index (χ0v) is 42.2. The predicted molar refractivity (Wildman–Crippen MR) is 261 cm³/mol. The van der Waals surface area contributed by atoms with Gasteiger partial charge in [0, 0.05) is 44.4 Å². The van der Waals surface area contributed by atoms with Crippen molar-refractivity contribution >= 4 is 104 Å². The Morgan fingerprint density at radius 2 is 1.28 bits per heavy atom. The number of nitrogens with zero attached hydrogens (tertiary/aromatic N) is 7. The highest BCUT2D eigenvalue weighted by molar-refractivity contribution is 7.15. The van der Waals surface area contributed by atoms with Crippen LogP contribution in [-0.4, -0.2) is 91.1 Å². The Morgan fingerprint density at radius 3 is 2.00 bits per heavy atom. The van der Waals surface area contributed by atoms with Crippen molar-refractivity contribution in [3.05, 3.63) is 81.7 Å². The molecule has 5 amide bonds. The van der Waals surface area contributed by atoms with E-state index in [1.54, 1.807) is 35.2 Å². The largest absolute Gasteiger partial charge is 0.464 e. The maximum absolute atomic E-state index is 14.1. The van der Waals surface area contributed by atoms with Gasteiger partial charge in [-0.3, -0.25) is 24.0 Å². The minimum absolute atomic E-state index is 0.0665. The van der Waals surface area contributed by atoms with E-state index < -0.39 is 47.7 Å². The first kappa shape index (κ1) is 48.2. The van der Waals surface area contributed by atoms with E-state index in [0.29, 0.717) is 63.3 Å². The number of hydrogen-bond acceptors (Lipinski definition) is 20. The lowest BCUT2D eigenvalue weighted by Crippen LogP contribution is -2.40. The van der Waals surface area contributed by atoms with Gasteiger partial charge in [0.25, 0.3) is 17.7 Å². The van der Waals surface area contributed by atoms with Gasteiger partial charge in [-0.15, -0.1) is 68.0 Å². The van der Waals surface area contributed by atoms with Crippen LogP contribution in [0.5, 0.6) is 0 Å². The molecular weight excluding hydrogens is 989 g/mol. The maximum Gasteiger partial charge on any atom is 0.357 e. The highest BCUT2D eigenvalue weighted by Gasteiger charge is 2.30. The number of thiazole rings is 6. The topological polar surface area (TPSA) is 262 Å². The molecule has 7 aromatic heterocycles. The summed E-state index contributed by atoms with van der Waals surface area (Å²) in [7, 11) is 2.76. The van der Waals surface area contributed by atoms with Gasteiger partial charge in [0.1, 0.15) is 64.2 Å². The van der Waals surface area contributed by atoms with Gasteiger partial charge < -0.3 is 31.3 Å². The third-order valence-electron chi connectivity index (χ3n) is 10.4. The van der Waals surface area contributed by atoms with Crippen LogP contribution in [0.4, 0.5) is 0 Å². The number of ether oxygens (including phenoxy) is 1. The Bertz CT molecular complexity index is 3060. The first-order valence-electron chi connectivity index (χ1n) is 20.9. The number of amides is 5. The van der Waals surface area contributed by atoms with Crippen LogP contribution in [0, 0.1) is 18.8 Å². The number of nitrogens with one attached hydrogen (secondary N) is 5. The van der Waals surface area contributed by atoms with Gasteiger partial charge in [-0.1, -0.05) is 27.7 Å². The number of aromatic nitrogens is 7. The molecule has 8 rings (SSSR count). The number of hydrogen-bond donors (Lipinski definition) is 5. The molecule has 3 atom stereocenters. The summed E-state index contributed by atoms with van der Waals surface area (Å²) in [5.41, 5.74) is 2.89. The molecule has 352 valence electrons. The number of esters is 1. The van der Waals surface area contributed by atoms with Crippen LogP contribution < -0.4 is 26.6 Å². The fraction of sp³-hybridized carbons (Fsp3) is 0.326. The van der Waals surface area contributed by atoms with Crippen LogP contribution in [0.3, 0.4) is 0 Å². The Labute approximate surface area is 412 Å². The lowest BCUT2D eigenvalue weighted by Gasteiger charge is -2.20. The quantitative estimate of drug-likeness (QED) is 0.106. The van der Waals surface area contributed by atoms with Crippen molar-refractivity contribution in [2.45, 2.75) is 59.2 Å². The summed E-state index contributed by atoms with van der Waals surface area (Å²) in [5, 5.41) is 25.6. The van der Waals surface area contributed by atoms with Crippen LogP contribution in [0.25, 0.3) is 43.4 Å². The molecule has 0 unspecified atom stereocenters. The Morgan fingerprint density at radius 1 is 0.662 bits per heavy atom. The van der Waals surface area contributed by atoms with E-state index >= 15 is 0 Å². The van der Waals surface area contributed by atoms with Crippen LogP contribution in [0.15, 0.2) is 39.0 Å². The molecule has 0 saturated heterocycles. The Kier molecular flexibility index (Phi) is 14.6. The highest BCUT2D eigenvalue weighted by Crippen LogP contribution is 2.39. The number of pyridine rings is 1. The number of fused-ring (bicyclic) bond motifs is 14. The highest BCUT2D eigenvalue weighted by atomic mass is 32.1. The lowest BCUT2D eigenvalue weighted by molar-refractivity contribution is -0.122. The second kappa shape index (κ2) is 20.5.